The Hall–Kier alpha value is -1.33. The van der Waals surface area contributed by atoms with Crippen molar-refractivity contribution in [1.82, 2.24) is 14.8 Å². The molecule has 2 aromatic rings. The Morgan fingerprint density at radius 1 is 1.38 bits per heavy atom. The molecule has 2 rings (SSSR count). The highest BCUT2D eigenvalue weighted by atomic mass is 32.2. The summed E-state index contributed by atoms with van der Waals surface area (Å²) in [6, 6.07) is 10.1. The summed E-state index contributed by atoms with van der Waals surface area (Å²) in [5.41, 5.74) is 7.23. The molecule has 4 nitrogen and oxygen atoms in total. The molecule has 1 unspecified atom stereocenters. The first-order valence-electron chi connectivity index (χ1n) is 5.04. The largest absolute Gasteiger partial charge is 0.323 e. The van der Waals surface area contributed by atoms with Crippen LogP contribution in [-0.2, 0) is 7.05 Å². The summed E-state index contributed by atoms with van der Waals surface area (Å²) >= 11 is 1.62. The van der Waals surface area contributed by atoms with Crippen molar-refractivity contribution in [3.05, 3.63) is 42.2 Å². The third kappa shape index (κ3) is 2.62. The molecular formula is C11H14N4S. The van der Waals surface area contributed by atoms with Crippen LogP contribution in [0.5, 0.6) is 0 Å². The third-order valence-corrected chi connectivity index (χ3v) is 3.44. The highest BCUT2D eigenvalue weighted by Crippen LogP contribution is 2.20. The van der Waals surface area contributed by atoms with Gasteiger partial charge in [-0.1, -0.05) is 42.1 Å². The number of nitrogens with zero attached hydrogens (tertiary/aromatic N) is 3. The molecule has 84 valence electrons. The van der Waals surface area contributed by atoms with Crippen LogP contribution < -0.4 is 5.73 Å². The zero-order chi connectivity index (χ0) is 11.4. The fourth-order valence-corrected chi connectivity index (χ4v) is 2.25. The number of aromatic nitrogens is 3. The number of rotatable bonds is 4. The summed E-state index contributed by atoms with van der Waals surface area (Å²) < 4.78 is 1.75. The molecule has 0 spiro atoms. The molecule has 1 aromatic carbocycles. The van der Waals surface area contributed by atoms with Crippen molar-refractivity contribution in [3.8, 4) is 0 Å². The van der Waals surface area contributed by atoms with E-state index in [1.54, 1.807) is 22.8 Å². The highest BCUT2D eigenvalue weighted by Gasteiger charge is 2.08. The van der Waals surface area contributed by atoms with Crippen LogP contribution in [0, 0.1) is 0 Å². The highest BCUT2D eigenvalue weighted by molar-refractivity contribution is 7.99. The number of hydrogen-bond donors (Lipinski definition) is 1. The van der Waals surface area contributed by atoms with Crippen LogP contribution in [0.25, 0.3) is 0 Å². The zero-order valence-corrected chi connectivity index (χ0v) is 9.89. The summed E-state index contributed by atoms with van der Waals surface area (Å²) in [4.78, 5) is 4.14. The minimum Gasteiger partial charge on any atom is -0.323 e. The van der Waals surface area contributed by atoms with Gasteiger partial charge in [-0.2, -0.15) is 5.10 Å². The molecule has 0 radical (unpaired) electrons. The molecule has 0 aliphatic rings. The average Bonchev–Trinajstić information content (AvgIpc) is 2.73. The second-order valence-corrected chi connectivity index (χ2v) is 4.48. The number of benzene rings is 1. The summed E-state index contributed by atoms with van der Waals surface area (Å²) in [5, 5.41) is 4.91. The van der Waals surface area contributed by atoms with Crippen LogP contribution in [0.1, 0.15) is 11.6 Å². The molecule has 0 aliphatic carbocycles. The van der Waals surface area contributed by atoms with Crippen LogP contribution in [0.2, 0.25) is 0 Å². The molecule has 0 fully saturated rings. The van der Waals surface area contributed by atoms with E-state index < -0.39 is 0 Å². The summed E-state index contributed by atoms with van der Waals surface area (Å²) in [6.07, 6.45) is 1.55. The van der Waals surface area contributed by atoms with Gasteiger partial charge in [-0.25, -0.2) is 9.67 Å². The van der Waals surface area contributed by atoms with Crippen molar-refractivity contribution >= 4 is 11.8 Å². The predicted octanol–water partition coefficient (Wildman–Crippen LogP) is 1.61. The van der Waals surface area contributed by atoms with Gasteiger partial charge in [0.2, 0.25) is 0 Å². The summed E-state index contributed by atoms with van der Waals surface area (Å²) in [6.45, 7) is 0. The van der Waals surface area contributed by atoms with Crippen LogP contribution in [0.3, 0.4) is 0 Å². The van der Waals surface area contributed by atoms with Gasteiger partial charge in [0, 0.05) is 18.8 Å². The number of thioether (sulfide) groups is 1. The van der Waals surface area contributed by atoms with Crippen molar-refractivity contribution < 1.29 is 0 Å². The van der Waals surface area contributed by atoms with E-state index in [1.807, 2.05) is 37.4 Å². The fourth-order valence-electron chi connectivity index (χ4n) is 1.38. The van der Waals surface area contributed by atoms with Gasteiger partial charge in [-0.3, -0.25) is 0 Å². The number of nitrogens with two attached hydrogens (primary N) is 1. The van der Waals surface area contributed by atoms with E-state index in [1.165, 1.54) is 0 Å². The van der Waals surface area contributed by atoms with Gasteiger partial charge < -0.3 is 5.73 Å². The van der Waals surface area contributed by atoms with E-state index in [-0.39, 0.29) is 6.04 Å². The molecule has 0 aliphatic heterocycles. The zero-order valence-electron chi connectivity index (χ0n) is 9.08. The van der Waals surface area contributed by atoms with E-state index >= 15 is 0 Å². The Kier molecular flexibility index (Phi) is 3.58. The lowest BCUT2D eigenvalue weighted by Gasteiger charge is -2.10. The van der Waals surface area contributed by atoms with E-state index in [2.05, 4.69) is 10.1 Å². The molecule has 1 aromatic heterocycles. The first-order chi connectivity index (χ1) is 7.77. The Morgan fingerprint density at radius 2 is 2.12 bits per heavy atom. The molecule has 5 heteroatoms. The van der Waals surface area contributed by atoms with Crippen molar-refractivity contribution in [2.24, 2.45) is 12.8 Å². The van der Waals surface area contributed by atoms with Gasteiger partial charge >= 0.3 is 0 Å². The van der Waals surface area contributed by atoms with Gasteiger partial charge in [0.1, 0.15) is 6.33 Å². The van der Waals surface area contributed by atoms with E-state index in [0.29, 0.717) is 0 Å². The predicted molar refractivity (Wildman–Crippen MR) is 65.1 cm³/mol. The molecular weight excluding hydrogens is 220 g/mol. The van der Waals surface area contributed by atoms with E-state index in [0.717, 1.165) is 16.5 Å². The maximum Gasteiger partial charge on any atom is 0.185 e. The Labute approximate surface area is 98.9 Å². The molecule has 0 saturated carbocycles. The maximum absolute atomic E-state index is 6.08. The summed E-state index contributed by atoms with van der Waals surface area (Å²) in [5.74, 6) is 0.802. The minimum absolute atomic E-state index is 0.0305. The summed E-state index contributed by atoms with van der Waals surface area (Å²) in [7, 11) is 1.88. The molecule has 0 bridgehead atoms. The van der Waals surface area contributed by atoms with Crippen LogP contribution in [0.15, 0.2) is 41.8 Å². The van der Waals surface area contributed by atoms with Crippen molar-refractivity contribution in [1.29, 1.82) is 0 Å². The average molecular weight is 234 g/mol. The maximum atomic E-state index is 6.08. The lowest BCUT2D eigenvalue weighted by molar-refractivity contribution is 0.683. The fraction of sp³-hybridized carbons (Fsp3) is 0.273. The Bertz CT molecular complexity index is 440. The quantitative estimate of drug-likeness (QED) is 0.816. The van der Waals surface area contributed by atoms with Gasteiger partial charge in [0.05, 0.1) is 0 Å². The molecule has 0 amide bonds. The molecule has 16 heavy (non-hydrogen) atoms. The monoisotopic (exact) mass is 234 g/mol. The van der Waals surface area contributed by atoms with Crippen molar-refractivity contribution in [2.75, 3.05) is 5.75 Å². The second kappa shape index (κ2) is 5.14. The molecule has 1 heterocycles. The third-order valence-electron chi connectivity index (χ3n) is 2.29. The normalized spacial score (nSPS) is 12.6. The van der Waals surface area contributed by atoms with Crippen LogP contribution in [0.4, 0.5) is 0 Å². The van der Waals surface area contributed by atoms with Crippen molar-refractivity contribution in [3.63, 3.8) is 0 Å². The number of hydrogen-bond acceptors (Lipinski definition) is 4. The second-order valence-electron chi connectivity index (χ2n) is 3.49. The smallest absolute Gasteiger partial charge is 0.185 e. The molecule has 0 saturated heterocycles. The lowest BCUT2D eigenvalue weighted by atomic mass is 10.1. The van der Waals surface area contributed by atoms with Gasteiger partial charge in [-0.05, 0) is 5.56 Å². The van der Waals surface area contributed by atoms with Gasteiger partial charge in [-0.15, -0.1) is 0 Å². The minimum atomic E-state index is 0.0305. The van der Waals surface area contributed by atoms with Crippen LogP contribution >= 0.6 is 11.8 Å². The van der Waals surface area contributed by atoms with Crippen LogP contribution in [-0.4, -0.2) is 20.5 Å². The lowest BCUT2D eigenvalue weighted by Crippen LogP contribution is -2.13. The Balaban J connectivity index is 1.94. The van der Waals surface area contributed by atoms with Crippen molar-refractivity contribution in [2.45, 2.75) is 11.2 Å². The molecule has 1 atom stereocenters. The van der Waals surface area contributed by atoms with Gasteiger partial charge in [0.25, 0.3) is 0 Å². The van der Waals surface area contributed by atoms with Gasteiger partial charge in [0.15, 0.2) is 5.16 Å². The first-order valence-corrected chi connectivity index (χ1v) is 6.03. The Morgan fingerprint density at radius 3 is 2.75 bits per heavy atom. The topological polar surface area (TPSA) is 56.7 Å². The van der Waals surface area contributed by atoms with E-state index in [4.69, 9.17) is 5.73 Å². The first kappa shape index (κ1) is 11.2. The SMILES string of the molecule is Cn1ncnc1SCC(N)c1ccccc1. The number of aryl methyl sites for hydroxylation is 1. The van der Waals surface area contributed by atoms with E-state index in [9.17, 15) is 0 Å². The molecule has 2 N–H and O–H groups in total. The standard InChI is InChI=1S/C11H14N4S/c1-15-11(13-8-14-15)16-7-10(12)9-5-3-2-4-6-9/h2-6,8,10H,7,12H2,1H3.